The first-order chi connectivity index (χ1) is 9.84. The molecule has 2 aliphatic heterocycles. The van der Waals surface area contributed by atoms with E-state index < -0.39 is 0 Å². The minimum Gasteiger partial charge on any atom is -0.493 e. The van der Waals surface area contributed by atoms with Crippen molar-refractivity contribution in [1.29, 1.82) is 0 Å². The molecule has 3 heteroatoms. The molecular formula is C17H26N2O. The Hall–Kier alpha value is -1.22. The summed E-state index contributed by atoms with van der Waals surface area (Å²) in [7, 11) is 2.25. The van der Waals surface area contributed by atoms with Crippen molar-refractivity contribution in [2.75, 3.05) is 32.1 Å². The molecule has 1 fully saturated rings. The van der Waals surface area contributed by atoms with E-state index in [2.05, 4.69) is 35.5 Å². The number of rotatable bonds is 4. The van der Waals surface area contributed by atoms with Crippen LogP contribution in [0.25, 0.3) is 0 Å². The molecule has 0 aliphatic carbocycles. The Bertz CT molecular complexity index is 447. The fraction of sp³-hybridized carbons (Fsp3) is 0.647. The SMILES string of the molecule is CN1CCCCC1CCOc1cccc2c1CCCN2. The number of hydrogen-bond acceptors (Lipinski definition) is 3. The molecule has 0 spiro atoms. The van der Waals surface area contributed by atoms with Gasteiger partial charge in [0, 0.05) is 23.8 Å². The van der Waals surface area contributed by atoms with Crippen LogP contribution in [0.15, 0.2) is 18.2 Å². The molecule has 2 aliphatic rings. The second-order valence-corrected chi connectivity index (χ2v) is 6.08. The fourth-order valence-electron chi connectivity index (χ4n) is 3.43. The summed E-state index contributed by atoms with van der Waals surface area (Å²) in [5.41, 5.74) is 2.64. The second kappa shape index (κ2) is 6.49. The second-order valence-electron chi connectivity index (χ2n) is 6.08. The van der Waals surface area contributed by atoms with Gasteiger partial charge in [-0.2, -0.15) is 0 Å². The van der Waals surface area contributed by atoms with Gasteiger partial charge in [0.15, 0.2) is 0 Å². The first-order valence-corrected chi connectivity index (χ1v) is 8.03. The van der Waals surface area contributed by atoms with Crippen molar-refractivity contribution in [1.82, 2.24) is 4.90 Å². The van der Waals surface area contributed by atoms with Crippen molar-refractivity contribution >= 4 is 5.69 Å². The third kappa shape index (κ3) is 3.09. The lowest BCUT2D eigenvalue weighted by Gasteiger charge is -2.32. The summed E-state index contributed by atoms with van der Waals surface area (Å²) in [4.78, 5) is 2.49. The smallest absolute Gasteiger partial charge is 0.124 e. The normalized spacial score (nSPS) is 22.9. The number of anilines is 1. The molecule has 0 radical (unpaired) electrons. The van der Waals surface area contributed by atoms with E-state index in [1.165, 1.54) is 43.5 Å². The van der Waals surface area contributed by atoms with Gasteiger partial charge in [-0.1, -0.05) is 12.5 Å². The first kappa shape index (κ1) is 13.7. The zero-order valence-corrected chi connectivity index (χ0v) is 12.5. The van der Waals surface area contributed by atoms with Crippen molar-refractivity contribution in [2.45, 2.75) is 44.6 Å². The molecule has 1 saturated heterocycles. The van der Waals surface area contributed by atoms with Gasteiger partial charge in [-0.25, -0.2) is 0 Å². The highest BCUT2D eigenvalue weighted by Gasteiger charge is 2.19. The third-order valence-electron chi connectivity index (χ3n) is 4.68. The number of hydrogen-bond donors (Lipinski definition) is 1. The largest absolute Gasteiger partial charge is 0.493 e. The Morgan fingerprint density at radius 1 is 1.30 bits per heavy atom. The van der Waals surface area contributed by atoms with Gasteiger partial charge in [0.1, 0.15) is 5.75 Å². The van der Waals surface area contributed by atoms with Crippen molar-refractivity contribution in [3.63, 3.8) is 0 Å². The van der Waals surface area contributed by atoms with Gasteiger partial charge in [-0.3, -0.25) is 0 Å². The molecule has 1 N–H and O–H groups in total. The van der Waals surface area contributed by atoms with E-state index >= 15 is 0 Å². The van der Waals surface area contributed by atoms with Gasteiger partial charge in [0.2, 0.25) is 0 Å². The Morgan fingerprint density at radius 3 is 3.15 bits per heavy atom. The number of likely N-dealkylation sites (tertiary alicyclic amines) is 1. The summed E-state index contributed by atoms with van der Waals surface area (Å²) >= 11 is 0. The van der Waals surface area contributed by atoms with E-state index in [9.17, 15) is 0 Å². The summed E-state index contributed by atoms with van der Waals surface area (Å²) in [6.45, 7) is 3.17. The van der Waals surface area contributed by atoms with Crippen LogP contribution in [0, 0.1) is 0 Å². The third-order valence-corrected chi connectivity index (χ3v) is 4.68. The van der Waals surface area contributed by atoms with E-state index in [0.717, 1.165) is 31.7 Å². The summed E-state index contributed by atoms with van der Waals surface area (Å²) in [5, 5.41) is 3.46. The number of nitrogens with zero attached hydrogens (tertiary/aromatic N) is 1. The first-order valence-electron chi connectivity index (χ1n) is 8.03. The molecule has 0 bridgehead atoms. The van der Waals surface area contributed by atoms with Crippen molar-refractivity contribution in [3.05, 3.63) is 23.8 Å². The monoisotopic (exact) mass is 274 g/mol. The van der Waals surface area contributed by atoms with E-state index in [4.69, 9.17) is 4.74 Å². The van der Waals surface area contributed by atoms with Crippen LogP contribution in [-0.4, -0.2) is 37.7 Å². The highest BCUT2D eigenvalue weighted by atomic mass is 16.5. The fourth-order valence-corrected chi connectivity index (χ4v) is 3.43. The Balaban J connectivity index is 1.56. The number of fused-ring (bicyclic) bond motifs is 1. The number of nitrogens with one attached hydrogen (secondary N) is 1. The molecule has 20 heavy (non-hydrogen) atoms. The molecule has 2 heterocycles. The number of ether oxygens (including phenoxy) is 1. The molecule has 3 nitrogen and oxygen atoms in total. The van der Waals surface area contributed by atoms with Crippen LogP contribution >= 0.6 is 0 Å². The zero-order valence-electron chi connectivity index (χ0n) is 12.5. The maximum atomic E-state index is 6.09. The lowest BCUT2D eigenvalue weighted by atomic mass is 10.0. The van der Waals surface area contributed by atoms with E-state index in [1.807, 2.05) is 0 Å². The van der Waals surface area contributed by atoms with Crippen LogP contribution in [-0.2, 0) is 6.42 Å². The molecule has 1 aromatic carbocycles. The van der Waals surface area contributed by atoms with Crippen LogP contribution in [0.1, 0.15) is 37.7 Å². The lowest BCUT2D eigenvalue weighted by Crippen LogP contribution is -2.37. The minimum atomic E-state index is 0.710. The Morgan fingerprint density at radius 2 is 2.25 bits per heavy atom. The van der Waals surface area contributed by atoms with Gasteiger partial charge in [0.05, 0.1) is 6.61 Å². The molecule has 1 unspecified atom stereocenters. The zero-order chi connectivity index (χ0) is 13.8. The number of benzene rings is 1. The molecule has 0 aromatic heterocycles. The molecule has 0 saturated carbocycles. The average Bonchev–Trinajstić information content (AvgIpc) is 2.49. The van der Waals surface area contributed by atoms with E-state index in [-0.39, 0.29) is 0 Å². The van der Waals surface area contributed by atoms with Gasteiger partial charge in [-0.15, -0.1) is 0 Å². The molecular weight excluding hydrogens is 248 g/mol. The predicted octanol–water partition coefficient (Wildman–Crippen LogP) is 3.30. The Labute approximate surface area is 122 Å². The van der Waals surface area contributed by atoms with E-state index in [0.29, 0.717) is 6.04 Å². The van der Waals surface area contributed by atoms with E-state index in [1.54, 1.807) is 0 Å². The lowest BCUT2D eigenvalue weighted by molar-refractivity contribution is 0.153. The van der Waals surface area contributed by atoms with Crippen LogP contribution in [0.5, 0.6) is 5.75 Å². The summed E-state index contributed by atoms with van der Waals surface area (Å²) in [6.07, 6.45) is 7.55. The minimum absolute atomic E-state index is 0.710. The highest BCUT2D eigenvalue weighted by molar-refractivity contribution is 5.59. The molecule has 3 rings (SSSR count). The Kier molecular flexibility index (Phi) is 4.46. The molecule has 110 valence electrons. The molecule has 0 amide bonds. The van der Waals surface area contributed by atoms with Crippen molar-refractivity contribution in [2.24, 2.45) is 0 Å². The van der Waals surface area contributed by atoms with Gasteiger partial charge in [0.25, 0.3) is 0 Å². The number of piperidine rings is 1. The van der Waals surface area contributed by atoms with Crippen molar-refractivity contribution in [3.8, 4) is 5.75 Å². The maximum Gasteiger partial charge on any atom is 0.124 e. The quantitative estimate of drug-likeness (QED) is 0.911. The summed E-state index contributed by atoms with van der Waals surface area (Å²) in [5.74, 6) is 1.09. The van der Waals surface area contributed by atoms with Crippen LogP contribution < -0.4 is 10.1 Å². The highest BCUT2D eigenvalue weighted by Crippen LogP contribution is 2.31. The van der Waals surface area contributed by atoms with Crippen LogP contribution in [0.3, 0.4) is 0 Å². The van der Waals surface area contributed by atoms with Crippen molar-refractivity contribution < 1.29 is 4.74 Å². The van der Waals surface area contributed by atoms with Gasteiger partial charge >= 0.3 is 0 Å². The maximum absolute atomic E-state index is 6.09. The standard InChI is InChI=1S/C17H26N2O/c1-19-12-3-2-6-14(19)10-13-20-17-9-4-8-16-15(17)7-5-11-18-16/h4,8-9,14,18H,2-3,5-7,10-13H2,1H3. The predicted molar refractivity (Wildman–Crippen MR) is 83.6 cm³/mol. The van der Waals surface area contributed by atoms with Crippen LogP contribution in [0.4, 0.5) is 5.69 Å². The summed E-state index contributed by atoms with van der Waals surface area (Å²) in [6, 6.07) is 7.09. The summed E-state index contributed by atoms with van der Waals surface area (Å²) < 4.78 is 6.09. The van der Waals surface area contributed by atoms with Gasteiger partial charge in [-0.05, 0) is 57.8 Å². The van der Waals surface area contributed by atoms with Crippen LogP contribution in [0.2, 0.25) is 0 Å². The molecule has 1 atom stereocenters. The molecule has 1 aromatic rings. The topological polar surface area (TPSA) is 24.5 Å². The van der Waals surface area contributed by atoms with Gasteiger partial charge < -0.3 is 15.0 Å². The average molecular weight is 274 g/mol.